The Balaban J connectivity index is 1.51. The summed E-state index contributed by atoms with van der Waals surface area (Å²) in [6.45, 7) is 7.27. The van der Waals surface area contributed by atoms with Crippen molar-refractivity contribution in [2.45, 2.75) is 52.2 Å². The Labute approximate surface area is 131 Å². The average Bonchev–Trinajstić information content (AvgIpc) is 3.11. The van der Waals surface area contributed by atoms with E-state index in [-0.39, 0.29) is 12.1 Å². The number of urea groups is 1. The average molecular weight is 307 g/mol. The smallest absolute Gasteiger partial charge is 0.324 e. The highest BCUT2D eigenvalue weighted by molar-refractivity contribution is 5.87. The van der Waals surface area contributed by atoms with Crippen LogP contribution in [-0.4, -0.2) is 51.5 Å². The van der Waals surface area contributed by atoms with Gasteiger partial charge in [-0.3, -0.25) is 5.32 Å². The number of nitrogens with one attached hydrogen (secondary N) is 1. The van der Waals surface area contributed by atoms with Crippen molar-refractivity contribution < 1.29 is 9.53 Å². The van der Waals surface area contributed by atoms with Crippen molar-refractivity contribution in [2.75, 3.05) is 25.0 Å². The monoisotopic (exact) mass is 307 g/mol. The second-order valence-corrected chi connectivity index (χ2v) is 6.55. The predicted molar refractivity (Wildman–Crippen MR) is 82.7 cm³/mol. The molecule has 1 aromatic rings. The summed E-state index contributed by atoms with van der Waals surface area (Å²) < 4.78 is 7.70. The van der Waals surface area contributed by atoms with Gasteiger partial charge in [-0.05, 0) is 25.2 Å². The van der Waals surface area contributed by atoms with Gasteiger partial charge in [0.15, 0.2) is 0 Å². The first kappa shape index (κ1) is 15.3. The molecule has 1 unspecified atom stereocenters. The highest BCUT2D eigenvalue weighted by atomic mass is 16.5. The molecule has 1 atom stereocenters. The summed E-state index contributed by atoms with van der Waals surface area (Å²) in [6.07, 6.45) is 4.26. The zero-order chi connectivity index (χ0) is 15.5. The van der Waals surface area contributed by atoms with Gasteiger partial charge in [-0.15, -0.1) is 5.10 Å². The molecule has 0 radical (unpaired) electrons. The lowest BCUT2D eigenvalue weighted by Crippen LogP contribution is -2.34. The second kappa shape index (κ2) is 6.64. The molecule has 0 spiro atoms. The van der Waals surface area contributed by atoms with Gasteiger partial charge in [-0.25, -0.2) is 9.48 Å². The SMILES string of the molecule is CC(C)COC1CCN(C(=O)Nc2nc3n(n2)CCCC3)C1. The lowest BCUT2D eigenvalue weighted by molar-refractivity contribution is 0.0440. The molecule has 3 heterocycles. The summed E-state index contributed by atoms with van der Waals surface area (Å²) in [6, 6.07) is -0.126. The van der Waals surface area contributed by atoms with Gasteiger partial charge in [0.25, 0.3) is 0 Å². The molecule has 22 heavy (non-hydrogen) atoms. The number of anilines is 1. The molecule has 7 nitrogen and oxygen atoms in total. The van der Waals surface area contributed by atoms with Crippen molar-refractivity contribution in [3.63, 3.8) is 0 Å². The highest BCUT2D eigenvalue weighted by Gasteiger charge is 2.28. The number of likely N-dealkylation sites (tertiary alicyclic amines) is 1. The molecule has 1 N–H and O–H groups in total. The van der Waals surface area contributed by atoms with E-state index in [1.54, 1.807) is 4.90 Å². The molecule has 3 rings (SSSR count). The molecule has 7 heteroatoms. The van der Waals surface area contributed by atoms with E-state index >= 15 is 0 Å². The van der Waals surface area contributed by atoms with Crippen molar-refractivity contribution >= 4 is 12.0 Å². The standard InChI is InChI=1S/C15H25N5O2/c1-11(2)10-22-12-6-8-19(9-12)15(21)17-14-16-13-5-3-4-7-20(13)18-14/h11-12H,3-10H2,1-2H3,(H,17,18,21). The third kappa shape index (κ3) is 3.58. The van der Waals surface area contributed by atoms with Crippen molar-refractivity contribution in [3.8, 4) is 0 Å². The van der Waals surface area contributed by atoms with E-state index in [0.717, 1.165) is 51.2 Å². The topological polar surface area (TPSA) is 72.3 Å². The van der Waals surface area contributed by atoms with Gasteiger partial charge in [0, 0.05) is 32.7 Å². The molecule has 1 saturated heterocycles. The van der Waals surface area contributed by atoms with Crippen LogP contribution >= 0.6 is 0 Å². The first-order chi connectivity index (χ1) is 10.6. The minimum atomic E-state index is -0.126. The minimum absolute atomic E-state index is 0.126. The van der Waals surface area contributed by atoms with Gasteiger partial charge >= 0.3 is 6.03 Å². The van der Waals surface area contributed by atoms with Crippen LogP contribution in [0.1, 0.15) is 38.9 Å². The van der Waals surface area contributed by atoms with Crippen molar-refractivity contribution in [1.82, 2.24) is 19.7 Å². The minimum Gasteiger partial charge on any atom is -0.376 e. The normalized spacial score (nSPS) is 21.2. The van der Waals surface area contributed by atoms with E-state index in [1.807, 2.05) is 4.68 Å². The number of hydrogen-bond acceptors (Lipinski definition) is 4. The van der Waals surface area contributed by atoms with Gasteiger partial charge in [0.1, 0.15) is 5.82 Å². The first-order valence-electron chi connectivity index (χ1n) is 8.23. The fourth-order valence-corrected chi connectivity index (χ4v) is 2.89. The number of rotatable bonds is 4. The van der Waals surface area contributed by atoms with Crippen molar-refractivity contribution in [3.05, 3.63) is 5.82 Å². The fourth-order valence-electron chi connectivity index (χ4n) is 2.89. The molecule has 0 bridgehead atoms. The molecule has 1 fully saturated rings. The molecule has 0 saturated carbocycles. The molecule has 2 aliphatic heterocycles. The summed E-state index contributed by atoms with van der Waals surface area (Å²) in [5, 5.41) is 7.17. The van der Waals surface area contributed by atoms with Crippen LogP contribution in [0.5, 0.6) is 0 Å². The van der Waals surface area contributed by atoms with Crippen LogP contribution in [0.4, 0.5) is 10.7 Å². The van der Waals surface area contributed by atoms with Gasteiger partial charge < -0.3 is 9.64 Å². The van der Waals surface area contributed by atoms with Gasteiger partial charge in [-0.1, -0.05) is 13.8 Å². The maximum Gasteiger partial charge on any atom is 0.324 e. The summed E-state index contributed by atoms with van der Waals surface area (Å²) in [5.74, 6) is 1.92. The van der Waals surface area contributed by atoms with Crippen LogP contribution in [-0.2, 0) is 17.7 Å². The van der Waals surface area contributed by atoms with Crippen LogP contribution in [0.25, 0.3) is 0 Å². The Morgan fingerprint density at radius 2 is 2.27 bits per heavy atom. The Morgan fingerprint density at radius 1 is 1.41 bits per heavy atom. The Hall–Kier alpha value is -1.63. The summed E-state index contributed by atoms with van der Waals surface area (Å²) in [5.41, 5.74) is 0. The lowest BCUT2D eigenvalue weighted by Gasteiger charge is -2.17. The van der Waals surface area contributed by atoms with E-state index < -0.39 is 0 Å². The summed E-state index contributed by atoms with van der Waals surface area (Å²) >= 11 is 0. The van der Waals surface area contributed by atoms with Crippen LogP contribution in [0.3, 0.4) is 0 Å². The van der Waals surface area contributed by atoms with Crippen LogP contribution in [0, 0.1) is 5.92 Å². The summed E-state index contributed by atoms with van der Waals surface area (Å²) in [4.78, 5) is 18.5. The Kier molecular flexibility index (Phi) is 4.61. The van der Waals surface area contributed by atoms with Gasteiger partial charge in [-0.2, -0.15) is 4.98 Å². The number of aromatic nitrogens is 3. The number of fused-ring (bicyclic) bond motifs is 1. The van der Waals surface area contributed by atoms with Gasteiger partial charge in [0.2, 0.25) is 5.95 Å². The number of hydrogen-bond donors (Lipinski definition) is 1. The van der Waals surface area contributed by atoms with E-state index in [1.165, 1.54) is 0 Å². The summed E-state index contributed by atoms with van der Waals surface area (Å²) in [7, 11) is 0. The zero-order valence-corrected chi connectivity index (χ0v) is 13.4. The maximum atomic E-state index is 12.3. The van der Waals surface area contributed by atoms with E-state index in [2.05, 4.69) is 29.2 Å². The molecule has 2 aliphatic rings. The third-order valence-corrected chi connectivity index (χ3v) is 4.08. The van der Waals surface area contributed by atoms with E-state index in [9.17, 15) is 4.79 Å². The van der Waals surface area contributed by atoms with E-state index in [0.29, 0.717) is 18.4 Å². The number of ether oxygens (including phenoxy) is 1. The Bertz CT molecular complexity index is 505. The van der Waals surface area contributed by atoms with Crippen LogP contribution in [0.15, 0.2) is 0 Å². The molecule has 2 amide bonds. The number of amides is 2. The first-order valence-corrected chi connectivity index (χ1v) is 8.23. The van der Waals surface area contributed by atoms with E-state index in [4.69, 9.17) is 4.74 Å². The Morgan fingerprint density at radius 3 is 3.05 bits per heavy atom. The largest absolute Gasteiger partial charge is 0.376 e. The van der Waals surface area contributed by atoms with Gasteiger partial charge in [0.05, 0.1) is 6.10 Å². The fraction of sp³-hybridized carbons (Fsp3) is 0.800. The number of nitrogens with zero attached hydrogens (tertiary/aromatic N) is 4. The van der Waals surface area contributed by atoms with Crippen LogP contribution in [0.2, 0.25) is 0 Å². The highest BCUT2D eigenvalue weighted by Crippen LogP contribution is 2.17. The number of aryl methyl sites for hydroxylation is 2. The molecule has 0 aliphatic carbocycles. The van der Waals surface area contributed by atoms with Crippen molar-refractivity contribution in [1.29, 1.82) is 0 Å². The molecule has 0 aromatic carbocycles. The van der Waals surface area contributed by atoms with Crippen LogP contribution < -0.4 is 5.32 Å². The molecular weight excluding hydrogens is 282 g/mol. The zero-order valence-electron chi connectivity index (χ0n) is 13.4. The third-order valence-electron chi connectivity index (χ3n) is 4.08. The maximum absolute atomic E-state index is 12.3. The molecular formula is C15H25N5O2. The molecule has 122 valence electrons. The number of carbonyl (C=O) groups excluding carboxylic acids is 1. The van der Waals surface area contributed by atoms with Crippen molar-refractivity contribution in [2.24, 2.45) is 5.92 Å². The second-order valence-electron chi connectivity index (χ2n) is 6.55. The number of carbonyl (C=O) groups is 1. The predicted octanol–water partition coefficient (Wildman–Crippen LogP) is 1.89. The molecule has 1 aromatic heterocycles. The quantitative estimate of drug-likeness (QED) is 0.922. The lowest BCUT2D eigenvalue weighted by atomic mass is 10.2.